The fourth-order valence-corrected chi connectivity index (χ4v) is 4.60. The van der Waals surface area contributed by atoms with E-state index in [9.17, 15) is 4.79 Å². The molecule has 3 aromatic rings. The summed E-state index contributed by atoms with van der Waals surface area (Å²) in [5, 5.41) is 11.1. The lowest BCUT2D eigenvalue weighted by atomic mass is 10.1. The number of hydrogen-bond acceptors (Lipinski definition) is 9. The summed E-state index contributed by atoms with van der Waals surface area (Å²) in [6.45, 7) is 7.63. The number of nitrogens with zero attached hydrogens (tertiary/aromatic N) is 6. The second-order valence-corrected chi connectivity index (χ2v) is 10.4. The average Bonchev–Trinajstić information content (AvgIpc) is 3.64. The third kappa shape index (κ3) is 5.74. The number of likely N-dealkylation sites (N-methyl/N-ethyl adjacent to an activating group) is 1. The largest absolute Gasteiger partial charge is 0.494 e. The van der Waals surface area contributed by atoms with Gasteiger partial charge in [-0.05, 0) is 46.0 Å². The van der Waals surface area contributed by atoms with Gasteiger partial charge >= 0.3 is 0 Å². The second kappa shape index (κ2) is 11.0. The number of aromatic nitrogens is 4. The highest BCUT2D eigenvalue weighted by Gasteiger charge is 2.30. The van der Waals surface area contributed by atoms with Gasteiger partial charge < -0.3 is 29.9 Å². The summed E-state index contributed by atoms with van der Waals surface area (Å²) in [7, 11) is 7.70. The van der Waals surface area contributed by atoms with Crippen LogP contribution in [-0.4, -0.2) is 78.1 Å². The standard InChI is InChI=1S/C28H36N8O3/c1-7-25(37)30-21-10-22(24(38-6)11-23(21)35(5)20-15-39-16-20)31-28-29-12-17(2)27(32-28)36-14-19(13-34(3)4)26(33-36)18-8-9-18/h7,10-12,14,18,20H,1,8-9,13,15-16H2,2-6H3,(H,30,37)(H,29,31,32). The fraction of sp³-hybridized carbons (Fsp3) is 0.429. The van der Waals surface area contributed by atoms with Crippen molar-refractivity contribution in [3.63, 3.8) is 0 Å². The van der Waals surface area contributed by atoms with Crippen LogP contribution in [0.4, 0.5) is 23.0 Å². The van der Waals surface area contributed by atoms with E-state index in [-0.39, 0.29) is 11.9 Å². The summed E-state index contributed by atoms with van der Waals surface area (Å²) in [6.07, 6.45) is 7.45. The minimum atomic E-state index is -0.307. The predicted molar refractivity (Wildman–Crippen MR) is 151 cm³/mol. The zero-order valence-corrected chi connectivity index (χ0v) is 23.2. The van der Waals surface area contributed by atoms with Gasteiger partial charge in [-0.15, -0.1) is 0 Å². The highest BCUT2D eigenvalue weighted by Crippen LogP contribution is 2.42. The molecule has 2 N–H and O–H groups in total. The summed E-state index contributed by atoms with van der Waals surface area (Å²) < 4.78 is 12.9. The maximum atomic E-state index is 12.3. The summed E-state index contributed by atoms with van der Waals surface area (Å²) >= 11 is 0. The quantitative estimate of drug-likeness (QED) is 0.358. The molecule has 1 aliphatic heterocycles. The smallest absolute Gasteiger partial charge is 0.247 e. The molecule has 2 fully saturated rings. The van der Waals surface area contributed by atoms with E-state index in [1.165, 1.54) is 24.5 Å². The van der Waals surface area contributed by atoms with Crippen LogP contribution in [0.3, 0.4) is 0 Å². The average molecular weight is 533 g/mol. The van der Waals surface area contributed by atoms with Crippen LogP contribution in [0.2, 0.25) is 0 Å². The van der Waals surface area contributed by atoms with E-state index < -0.39 is 0 Å². The maximum Gasteiger partial charge on any atom is 0.247 e. The van der Waals surface area contributed by atoms with E-state index >= 15 is 0 Å². The SMILES string of the molecule is C=CC(=O)Nc1cc(Nc2ncc(C)c(-n3cc(CN(C)C)c(C4CC4)n3)n2)c(OC)cc1N(C)C1COC1. The molecule has 0 radical (unpaired) electrons. The number of rotatable bonds is 11. The molecule has 2 aliphatic rings. The van der Waals surface area contributed by atoms with Crippen molar-refractivity contribution in [2.45, 2.75) is 38.3 Å². The molecule has 1 saturated carbocycles. The molecule has 0 bridgehead atoms. The first kappa shape index (κ1) is 26.6. The van der Waals surface area contributed by atoms with Crippen molar-refractivity contribution in [1.29, 1.82) is 0 Å². The van der Waals surface area contributed by atoms with E-state index in [0.717, 1.165) is 23.5 Å². The normalized spacial score (nSPS) is 15.1. The van der Waals surface area contributed by atoms with Crippen LogP contribution in [-0.2, 0) is 16.1 Å². The number of carbonyl (C=O) groups is 1. The van der Waals surface area contributed by atoms with Gasteiger partial charge in [0.05, 0.1) is 49.1 Å². The summed E-state index contributed by atoms with van der Waals surface area (Å²) in [5.74, 6) is 1.90. The van der Waals surface area contributed by atoms with Crippen molar-refractivity contribution < 1.29 is 14.3 Å². The topological polar surface area (TPSA) is 110 Å². The Hall–Kier alpha value is -3.96. The number of hydrogen-bond donors (Lipinski definition) is 2. The van der Waals surface area contributed by atoms with Gasteiger partial charge in [-0.2, -0.15) is 10.1 Å². The molecule has 39 heavy (non-hydrogen) atoms. The van der Waals surface area contributed by atoms with Crippen molar-refractivity contribution in [2.24, 2.45) is 0 Å². The van der Waals surface area contributed by atoms with E-state index in [1.54, 1.807) is 13.3 Å². The zero-order valence-electron chi connectivity index (χ0n) is 23.2. The van der Waals surface area contributed by atoms with Gasteiger partial charge in [-0.1, -0.05) is 6.58 Å². The Bertz CT molecular complexity index is 1380. The Labute approximate surface area is 228 Å². The van der Waals surface area contributed by atoms with E-state index in [4.69, 9.17) is 19.6 Å². The van der Waals surface area contributed by atoms with Gasteiger partial charge in [-0.3, -0.25) is 4.79 Å². The molecule has 206 valence electrons. The van der Waals surface area contributed by atoms with Crippen LogP contribution in [0, 0.1) is 6.92 Å². The molecule has 1 amide bonds. The molecule has 11 heteroatoms. The third-order valence-corrected chi connectivity index (χ3v) is 6.99. The number of aryl methyl sites for hydroxylation is 1. The second-order valence-electron chi connectivity index (χ2n) is 10.4. The first-order valence-electron chi connectivity index (χ1n) is 13.1. The molecular weight excluding hydrogens is 496 g/mol. The first-order chi connectivity index (χ1) is 18.8. The lowest BCUT2D eigenvalue weighted by Gasteiger charge is -2.37. The van der Waals surface area contributed by atoms with Crippen molar-refractivity contribution in [3.8, 4) is 11.6 Å². The predicted octanol–water partition coefficient (Wildman–Crippen LogP) is 3.62. The molecule has 0 spiro atoms. The van der Waals surface area contributed by atoms with Crippen LogP contribution in [0.25, 0.3) is 5.82 Å². The maximum absolute atomic E-state index is 12.3. The molecule has 0 atom stereocenters. The molecule has 1 aliphatic carbocycles. The Kier molecular flexibility index (Phi) is 7.53. The van der Waals surface area contributed by atoms with Gasteiger partial charge in [0.1, 0.15) is 5.75 Å². The van der Waals surface area contributed by atoms with Crippen LogP contribution < -0.4 is 20.3 Å². The Morgan fingerprint density at radius 3 is 2.64 bits per heavy atom. The Balaban J connectivity index is 1.49. The molecule has 5 rings (SSSR count). The van der Waals surface area contributed by atoms with Gasteiger partial charge in [-0.25, -0.2) is 9.67 Å². The monoisotopic (exact) mass is 532 g/mol. The molecule has 0 unspecified atom stereocenters. The number of nitrogens with one attached hydrogen (secondary N) is 2. The first-order valence-corrected chi connectivity index (χ1v) is 13.1. The van der Waals surface area contributed by atoms with Crippen molar-refractivity contribution in [1.82, 2.24) is 24.6 Å². The van der Waals surface area contributed by atoms with Crippen LogP contribution in [0.15, 0.2) is 37.2 Å². The number of ether oxygens (including phenoxy) is 2. The van der Waals surface area contributed by atoms with Crippen LogP contribution in [0.5, 0.6) is 5.75 Å². The molecule has 1 saturated heterocycles. The van der Waals surface area contributed by atoms with Crippen molar-refractivity contribution in [2.75, 3.05) is 57.0 Å². The van der Waals surface area contributed by atoms with E-state index in [2.05, 4.69) is 52.3 Å². The Morgan fingerprint density at radius 1 is 1.26 bits per heavy atom. The fourth-order valence-electron chi connectivity index (χ4n) is 4.60. The number of carbonyl (C=O) groups excluding carboxylic acids is 1. The molecular formula is C28H36N8O3. The number of methoxy groups -OCH3 is 1. The van der Waals surface area contributed by atoms with Gasteiger partial charge in [0, 0.05) is 49.1 Å². The molecule has 3 heterocycles. The minimum Gasteiger partial charge on any atom is -0.494 e. The Morgan fingerprint density at radius 2 is 2.03 bits per heavy atom. The summed E-state index contributed by atoms with van der Waals surface area (Å²) in [6, 6.07) is 3.92. The lowest BCUT2D eigenvalue weighted by molar-refractivity contribution is -0.111. The van der Waals surface area contributed by atoms with Gasteiger partial charge in [0.2, 0.25) is 11.9 Å². The number of benzene rings is 1. The summed E-state index contributed by atoms with van der Waals surface area (Å²) in [4.78, 5) is 25.8. The van der Waals surface area contributed by atoms with E-state index in [1.807, 2.05) is 30.8 Å². The lowest BCUT2D eigenvalue weighted by Crippen LogP contribution is -2.47. The zero-order chi connectivity index (χ0) is 27.7. The highest BCUT2D eigenvalue weighted by molar-refractivity contribution is 6.02. The molecule has 2 aromatic heterocycles. The summed E-state index contributed by atoms with van der Waals surface area (Å²) in [5.41, 5.74) is 5.31. The van der Waals surface area contributed by atoms with Crippen LogP contribution >= 0.6 is 0 Å². The number of amides is 1. The highest BCUT2D eigenvalue weighted by atomic mass is 16.5. The molecule has 1 aromatic carbocycles. The molecule has 11 nitrogen and oxygen atoms in total. The van der Waals surface area contributed by atoms with E-state index in [0.29, 0.717) is 48.0 Å². The van der Waals surface area contributed by atoms with Crippen molar-refractivity contribution in [3.05, 3.63) is 54.0 Å². The third-order valence-electron chi connectivity index (χ3n) is 6.99. The number of anilines is 4. The van der Waals surface area contributed by atoms with Gasteiger partial charge in [0.25, 0.3) is 0 Å². The minimum absolute atomic E-state index is 0.211. The van der Waals surface area contributed by atoms with Crippen molar-refractivity contribution >= 4 is 28.9 Å². The van der Waals surface area contributed by atoms with Crippen LogP contribution in [0.1, 0.15) is 35.6 Å². The van der Waals surface area contributed by atoms with Gasteiger partial charge in [0.15, 0.2) is 5.82 Å².